The number of hydrogen-bond acceptors (Lipinski definition) is 5. The van der Waals surface area contributed by atoms with Crippen LogP contribution in [0.15, 0.2) is 42.7 Å². The number of carbonyl (C=O) groups excluding carboxylic acids is 2. The van der Waals surface area contributed by atoms with Gasteiger partial charge in [-0.3, -0.25) is 14.6 Å². The third-order valence-electron chi connectivity index (χ3n) is 4.55. The molecule has 0 bridgehead atoms. The minimum atomic E-state index is -0.0598. The monoisotopic (exact) mass is 353 g/mol. The van der Waals surface area contributed by atoms with Crippen molar-refractivity contribution in [2.24, 2.45) is 0 Å². The average molecular weight is 353 g/mol. The molecule has 0 spiro atoms. The predicted octanol–water partition coefficient (Wildman–Crippen LogP) is 1.45. The molecule has 0 atom stereocenters. The molecule has 7 heteroatoms. The van der Waals surface area contributed by atoms with E-state index in [1.807, 2.05) is 0 Å². The minimum absolute atomic E-state index is 0.0514. The lowest BCUT2D eigenvalue weighted by molar-refractivity contribution is 0.0534. The molecule has 134 valence electrons. The van der Waals surface area contributed by atoms with Crippen molar-refractivity contribution < 1.29 is 19.1 Å². The Balaban J connectivity index is 1.40. The van der Waals surface area contributed by atoms with Gasteiger partial charge in [-0.25, -0.2) is 0 Å². The number of benzene rings is 1. The fourth-order valence-corrected chi connectivity index (χ4v) is 3.14. The minimum Gasteiger partial charge on any atom is -0.486 e. The van der Waals surface area contributed by atoms with Crippen LogP contribution in [0.4, 0.5) is 0 Å². The highest BCUT2D eigenvalue weighted by Crippen LogP contribution is 2.31. The smallest absolute Gasteiger partial charge is 0.255 e. The van der Waals surface area contributed by atoms with Crippen LogP contribution in [0.1, 0.15) is 20.7 Å². The van der Waals surface area contributed by atoms with Gasteiger partial charge < -0.3 is 19.3 Å². The number of carbonyl (C=O) groups is 2. The van der Waals surface area contributed by atoms with Gasteiger partial charge in [-0.15, -0.1) is 0 Å². The normalized spacial score (nSPS) is 16.3. The number of amides is 2. The summed E-state index contributed by atoms with van der Waals surface area (Å²) in [6.07, 6.45) is 3.20. The number of rotatable bonds is 2. The number of fused-ring (bicyclic) bond motifs is 1. The van der Waals surface area contributed by atoms with Crippen molar-refractivity contribution in [1.82, 2.24) is 14.8 Å². The Hall–Kier alpha value is -3.09. The Bertz CT molecular complexity index is 817. The van der Waals surface area contributed by atoms with Gasteiger partial charge in [0.15, 0.2) is 11.5 Å². The van der Waals surface area contributed by atoms with Crippen LogP contribution in [0.2, 0.25) is 0 Å². The standard InChI is InChI=1S/C19H19N3O4/c23-18(14-3-4-16-17(12-14)26-11-10-25-16)21-6-8-22(9-7-21)19(24)15-2-1-5-20-13-15/h1-5,12-13H,6-11H2. The number of ether oxygens (including phenoxy) is 2. The molecule has 2 aliphatic heterocycles. The van der Waals surface area contributed by atoms with Crippen LogP contribution in [0.3, 0.4) is 0 Å². The van der Waals surface area contributed by atoms with E-state index in [1.165, 1.54) is 0 Å². The van der Waals surface area contributed by atoms with Crippen molar-refractivity contribution >= 4 is 11.8 Å². The predicted molar refractivity (Wildman–Crippen MR) is 93.5 cm³/mol. The van der Waals surface area contributed by atoms with E-state index in [0.29, 0.717) is 62.0 Å². The van der Waals surface area contributed by atoms with Crippen molar-refractivity contribution in [3.05, 3.63) is 53.9 Å². The summed E-state index contributed by atoms with van der Waals surface area (Å²) in [5.41, 5.74) is 1.14. The molecule has 1 saturated heterocycles. The zero-order valence-electron chi connectivity index (χ0n) is 14.3. The molecule has 2 aliphatic rings. The van der Waals surface area contributed by atoms with E-state index < -0.39 is 0 Å². The lowest BCUT2D eigenvalue weighted by Crippen LogP contribution is -2.50. The second kappa shape index (κ2) is 7.03. The molecule has 2 aromatic rings. The van der Waals surface area contributed by atoms with Crippen molar-refractivity contribution in [3.8, 4) is 11.5 Å². The maximum atomic E-state index is 12.7. The highest BCUT2D eigenvalue weighted by Gasteiger charge is 2.26. The summed E-state index contributed by atoms with van der Waals surface area (Å²) in [7, 11) is 0. The molecule has 26 heavy (non-hydrogen) atoms. The molecular weight excluding hydrogens is 334 g/mol. The van der Waals surface area contributed by atoms with Gasteiger partial charge in [0, 0.05) is 44.1 Å². The number of pyridine rings is 1. The largest absolute Gasteiger partial charge is 0.486 e. The number of nitrogens with zero attached hydrogens (tertiary/aromatic N) is 3. The van der Waals surface area contributed by atoms with E-state index in [1.54, 1.807) is 52.5 Å². The fraction of sp³-hybridized carbons (Fsp3) is 0.316. The van der Waals surface area contributed by atoms with E-state index in [0.717, 1.165) is 0 Å². The SMILES string of the molecule is O=C(c1cccnc1)N1CCN(C(=O)c2ccc3c(c2)OCCO3)CC1. The molecule has 0 saturated carbocycles. The van der Waals surface area contributed by atoms with Crippen molar-refractivity contribution in [1.29, 1.82) is 0 Å². The molecule has 7 nitrogen and oxygen atoms in total. The topological polar surface area (TPSA) is 72.0 Å². The van der Waals surface area contributed by atoms with Crippen LogP contribution >= 0.6 is 0 Å². The Morgan fingerprint density at radius 2 is 1.50 bits per heavy atom. The number of piperazine rings is 1. The Morgan fingerprint density at radius 3 is 2.15 bits per heavy atom. The van der Waals surface area contributed by atoms with Gasteiger partial charge in [0.1, 0.15) is 13.2 Å². The summed E-state index contributed by atoms with van der Waals surface area (Å²) in [5.74, 6) is 1.16. The summed E-state index contributed by atoms with van der Waals surface area (Å²) in [4.78, 5) is 32.7. The van der Waals surface area contributed by atoms with Crippen LogP contribution in [-0.4, -0.2) is 66.0 Å². The highest BCUT2D eigenvalue weighted by molar-refractivity contribution is 5.96. The van der Waals surface area contributed by atoms with Crippen molar-refractivity contribution in [2.45, 2.75) is 0 Å². The fourth-order valence-electron chi connectivity index (χ4n) is 3.14. The Labute approximate surface area is 151 Å². The summed E-state index contributed by atoms with van der Waals surface area (Å²) < 4.78 is 11.0. The summed E-state index contributed by atoms with van der Waals surface area (Å²) >= 11 is 0. The third kappa shape index (κ3) is 3.20. The number of aromatic nitrogens is 1. The zero-order chi connectivity index (χ0) is 17.9. The maximum absolute atomic E-state index is 12.7. The second-order valence-electron chi connectivity index (χ2n) is 6.18. The first kappa shape index (κ1) is 16.4. The zero-order valence-corrected chi connectivity index (χ0v) is 14.3. The highest BCUT2D eigenvalue weighted by atomic mass is 16.6. The molecule has 1 fully saturated rings. The van der Waals surface area contributed by atoms with Gasteiger partial charge in [-0.1, -0.05) is 0 Å². The molecule has 0 N–H and O–H groups in total. The lowest BCUT2D eigenvalue weighted by atomic mass is 10.1. The van der Waals surface area contributed by atoms with Crippen LogP contribution in [0, 0.1) is 0 Å². The molecule has 0 radical (unpaired) electrons. The first-order valence-electron chi connectivity index (χ1n) is 8.60. The molecule has 0 aliphatic carbocycles. The first-order chi connectivity index (χ1) is 12.7. The van der Waals surface area contributed by atoms with Crippen molar-refractivity contribution in [3.63, 3.8) is 0 Å². The first-order valence-corrected chi connectivity index (χ1v) is 8.60. The van der Waals surface area contributed by atoms with Gasteiger partial charge in [-0.2, -0.15) is 0 Å². The molecule has 1 aromatic carbocycles. The lowest BCUT2D eigenvalue weighted by Gasteiger charge is -2.35. The molecule has 1 aromatic heterocycles. The maximum Gasteiger partial charge on any atom is 0.255 e. The van der Waals surface area contributed by atoms with E-state index in [2.05, 4.69) is 4.98 Å². The van der Waals surface area contributed by atoms with E-state index in [4.69, 9.17) is 9.47 Å². The Kier molecular flexibility index (Phi) is 4.43. The van der Waals surface area contributed by atoms with Gasteiger partial charge in [-0.05, 0) is 30.3 Å². The summed E-state index contributed by atoms with van der Waals surface area (Å²) in [6.45, 7) is 3.01. The summed E-state index contributed by atoms with van der Waals surface area (Å²) in [6, 6.07) is 8.74. The molecule has 0 unspecified atom stereocenters. The molecular formula is C19H19N3O4. The van der Waals surface area contributed by atoms with Gasteiger partial charge in [0.25, 0.3) is 11.8 Å². The average Bonchev–Trinajstić information content (AvgIpc) is 2.73. The van der Waals surface area contributed by atoms with Crippen LogP contribution in [0.5, 0.6) is 11.5 Å². The van der Waals surface area contributed by atoms with Crippen LogP contribution in [0.25, 0.3) is 0 Å². The van der Waals surface area contributed by atoms with Crippen molar-refractivity contribution in [2.75, 3.05) is 39.4 Å². The Morgan fingerprint density at radius 1 is 0.846 bits per heavy atom. The molecule has 2 amide bonds. The van der Waals surface area contributed by atoms with Crippen LogP contribution < -0.4 is 9.47 Å². The van der Waals surface area contributed by atoms with E-state index in [9.17, 15) is 9.59 Å². The number of hydrogen-bond donors (Lipinski definition) is 0. The van der Waals surface area contributed by atoms with E-state index >= 15 is 0 Å². The van der Waals surface area contributed by atoms with Gasteiger partial charge in [0.05, 0.1) is 5.56 Å². The third-order valence-corrected chi connectivity index (χ3v) is 4.55. The summed E-state index contributed by atoms with van der Waals surface area (Å²) in [5, 5.41) is 0. The van der Waals surface area contributed by atoms with Gasteiger partial charge >= 0.3 is 0 Å². The van der Waals surface area contributed by atoms with E-state index in [-0.39, 0.29) is 11.8 Å². The molecule has 4 rings (SSSR count). The second-order valence-corrected chi connectivity index (χ2v) is 6.18. The molecule has 3 heterocycles. The van der Waals surface area contributed by atoms with Crippen LogP contribution in [-0.2, 0) is 0 Å². The quantitative estimate of drug-likeness (QED) is 0.817. The van der Waals surface area contributed by atoms with Gasteiger partial charge in [0.2, 0.25) is 0 Å².